The van der Waals surface area contributed by atoms with Gasteiger partial charge in [-0.2, -0.15) is 4.31 Å². The molecule has 256 valence electrons. The number of carbonyl (C=O) groups is 2. The maximum absolute atomic E-state index is 13.8. The standard InChI is InChI=1S/C36H34Cl2N2O8S/c1-23-34(36(42)47-4)31(35(41)40(23)18-17-24-7-16-32(45-2)33(19-24)46-3)20-28-12-13-29(48-28)22-39(21-25-5-8-26(37)9-6-25)49(43,44)30-14-10-27(38)11-15-30/h5-16,19-20H,17-18,21-22H2,1-4H3/b31-20+. The van der Waals surface area contributed by atoms with E-state index in [2.05, 4.69) is 0 Å². The van der Waals surface area contributed by atoms with Gasteiger partial charge in [0.15, 0.2) is 11.5 Å². The van der Waals surface area contributed by atoms with E-state index in [1.807, 2.05) is 12.1 Å². The van der Waals surface area contributed by atoms with E-state index in [4.69, 9.17) is 41.8 Å². The van der Waals surface area contributed by atoms with Crippen molar-refractivity contribution in [1.29, 1.82) is 0 Å². The quantitative estimate of drug-likeness (QED) is 0.108. The zero-order valence-corrected chi connectivity index (χ0v) is 29.6. The molecule has 0 fully saturated rings. The molecule has 10 nitrogen and oxygen atoms in total. The van der Waals surface area contributed by atoms with Crippen molar-refractivity contribution >= 4 is 51.2 Å². The summed E-state index contributed by atoms with van der Waals surface area (Å²) < 4.78 is 50.6. The van der Waals surface area contributed by atoms with Crippen LogP contribution in [0, 0.1) is 0 Å². The van der Waals surface area contributed by atoms with E-state index in [1.165, 1.54) is 46.7 Å². The fourth-order valence-electron chi connectivity index (χ4n) is 5.42. The predicted molar refractivity (Wildman–Crippen MR) is 186 cm³/mol. The van der Waals surface area contributed by atoms with Crippen LogP contribution in [0.5, 0.6) is 11.5 Å². The Kier molecular flexibility index (Phi) is 11.2. The lowest BCUT2D eigenvalue weighted by atomic mass is 10.1. The summed E-state index contributed by atoms with van der Waals surface area (Å²) in [5.41, 5.74) is 2.28. The van der Waals surface area contributed by atoms with Crippen molar-refractivity contribution < 1.29 is 36.6 Å². The molecule has 0 radical (unpaired) electrons. The zero-order chi connectivity index (χ0) is 35.3. The SMILES string of the molecule is COC(=O)C1=C(C)N(CCc2ccc(OC)c(OC)c2)C(=O)/C1=C/c1ccc(CN(Cc2ccc(Cl)cc2)S(=O)(=O)c2ccc(Cl)cc2)o1. The van der Waals surface area contributed by atoms with Gasteiger partial charge in [-0.05, 0) is 91.2 Å². The van der Waals surface area contributed by atoms with Gasteiger partial charge < -0.3 is 23.5 Å². The second-order valence-electron chi connectivity index (χ2n) is 11.1. The van der Waals surface area contributed by atoms with Gasteiger partial charge in [0.05, 0.1) is 43.9 Å². The molecule has 1 aliphatic rings. The number of halogens is 2. The first-order chi connectivity index (χ1) is 23.4. The third-order valence-electron chi connectivity index (χ3n) is 8.00. The predicted octanol–water partition coefficient (Wildman–Crippen LogP) is 6.91. The van der Waals surface area contributed by atoms with Crippen molar-refractivity contribution in [2.24, 2.45) is 0 Å². The Balaban J connectivity index is 1.41. The second-order valence-corrected chi connectivity index (χ2v) is 13.9. The van der Waals surface area contributed by atoms with Crippen molar-refractivity contribution in [2.75, 3.05) is 27.9 Å². The minimum atomic E-state index is -4.00. The van der Waals surface area contributed by atoms with E-state index >= 15 is 0 Å². The van der Waals surface area contributed by atoms with E-state index in [9.17, 15) is 18.0 Å². The molecule has 0 saturated heterocycles. The minimum absolute atomic E-state index is 0.0290. The third kappa shape index (κ3) is 8.02. The van der Waals surface area contributed by atoms with Crippen molar-refractivity contribution in [1.82, 2.24) is 9.21 Å². The number of methoxy groups -OCH3 is 3. The Labute approximate surface area is 295 Å². The molecule has 1 aliphatic heterocycles. The number of ether oxygens (including phenoxy) is 3. The number of amides is 1. The molecule has 1 aromatic heterocycles. The molecule has 13 heteroatoms. The molecule has 0 atom stereocenters. The average molecular weight is 726 g/mol. The number of carbonyl (C=O) groups excluding carboxylic acids is 2. The molecule has 0 saturated carbocycles. The van der Waals surface area contributed by atoms with Gasteiger partial charge in [-0.25, -0.2) is 13.2 Å². The van der Waals surface area contributed by atoms with Gasteiger partial charge in [0.1, 0.15) is 11.5 Å². The largest absolute Gasteiger partial charge is 0.493 e. The highest BCUT2D eigenvalue weighted by molar-refractivity contribution is 7.89. The van der Waals surface area contributed by atoms with E-state index < -0.39 is 21.9 Å². The number of rotatable bonds is 13. The smallest absolute Gasteiger partial charge is 0.340 e. The number of hydrogen-bond donors (Lipinski definition) is 0. The molecule has 0 spiro atoms. The molecule has 0 N–H and O–H groups in total. The summed E-state index contributed by atoms with van der Waals surface area (Å²) in [4.78, 5) is 28.2. The summed E-state index contributed by atoms with van der Waals surface area (Å²) in [7, 11) is 0.353. The summed E-state index contributed by atoms with van der Waals surface area (Å²) in [6, 6.07) is 21.5. The molecule has 4 aromatic rings. The molecule has 2 heterocycles. The lowest BCUT2D eigenvalue weighted by molar-refractivity contribution is -0.136. The highest BCUT2D eigenvalue weighted by Gasteiger charge is 2.37. The maximum atomic E-state index is 13.8. The van der Waals surface area contributed by atoms with Crippen LogP contribution in [0.1, 0.15) is 29.6 Å². The summed E-state index contributed by atoms with van der Waals surface area (Å²) in [5, 5.41) is 0.930. The van der Waals surface area contributed by atoms with E-state index in [0.717, 1.165) is 5.56 Å². The van der Waals surface area contributed by atoms with Crippen LogP contribution in [-0.4, -0.2) is 57.4 Å². The number of furan rings is 1. The van der Waals surface area contributed by atoms with Gasteiger partial charge in [-0.1, -0.05) is 41.4 Å². The van der Waals surface area contributed by atoms with Crippen molar-refractivity contribution in [3.63, 3.8) is 0 Å². The van der Waals surface area contributed by atoms with Crippen LogP contribution in [0.3, 0.4) is 0 Å². The first-order valence-corrected chi connectivity index (χ1v) is 17.3. The van der Waals surface area contributed by atoms with Crippen LogP contribution in [0.25, 0.3) is 6.08 Å². The van der Waals surface area contributed by atoms with Crippen LogP contribution in [0.4, 0.5) is 0 Å². The topological polar surface area (TPSA) is 116 Å². The Morgan fingerprint density at radius 3 is 2.12 bits per heavy atom. The number of allylic oxidation sites excluding steroid dienone is 1. The highest BCUT2D eigenvalue weighted by atomic mass is 35.5. The lowest BCUT2D eigenvalue weighted by Gasteiger charge is -2.21. The van der Waals surface area contributed by atoms with Gasteiger partial charge in [0, 0.05) is 28.8 Å². The number of esters is 1. The molecular weight excluding hydrogens is 691 g/mol. The number of benzene rings is 3. The van der Waals surface area contributed by atoms with Gasteiger partial charge in [-0.3, -0.25) is 4.79 Å². The summed E-state index contributed by atoms with van der Waals surface area (Å²) in [6.45, 7) is 1.87. The second kappa shape index (κ2) is 15.3. The van der Waals surface area contributed by atoms with Gasteiger partial charge in [0.2, 0.25) is 10.0 Å². The van der Waals surface area contributed by atoms with Crippen molar-refractivity contribution in [3.8, 4) is 11.5 Å². The van der Waals surface area contributed by atoms with Gasteiger partial charge in [-0.15, -0.1) is 0 Å². The molecule has 0 unspecified atom stereocenters. The maximum Gasteiger partial charge on any atom is 0.340 e. The van der Waals surface area contributed by atoms with Crippen LogP contribution < -0.4 is 9.47 Å². The Morgan fingerprint density at radius 1 is 0.857 bits per heavy atom. The van der Waals surface area contributed by atoms with Crippen LogP contribution in [-0.2, 0) is 43.9 Å². The van der Waals surface area contributed by atoms with Crippen molar-refractivity contribution in [2.45, 2.75) is 31.3 Å². The monoisotopic (exact) mass is 724 g/mol. The van der Waals surface area contributed by atoms with E-state index in [1.54, 1.807) is 63.6 Å². The molecule has 1 amide bonds. The van der Waals surface area contributed by atoms with Gasteiger partial charge >= 0.3 is 5.97 Å². The molecule has 0 aliphatic carbocycles. The van der Waals surface area contributed by atoms with Crippen LogP contribution in [0.2, 0.25) is 10.0 Å². The molecule has 3 aromatic carbocycles. The average Bonchev–Trinajstić information content (AvgIpc) is 3.64. The first-order valence-electron chi connectivity index (χ1n) is 15.1. The Hall–Kier alpha value is -4.55. The zero-order valence-electron chi connectivity index (χ0n) is 27.2. The van der Waals surface area contributed by atoms with E-state index in [0.29, 0.717) is 45.0 Å². The minimum Gasteiger partial charge on any atom is -0.493 e. The first kappa shape index (κ1) is 35.7. The number of hydrogen-bond acceptors (Lipinski definition) is 8. The summed E-state index contributed by atoms with van der Waals surface area (Å²) in [6.07, 6.45) is 1.94. The number of nitrogens with zero attached hydrogens (tertiary/aromatic N) is 2. The van der Waals surface area contributed by atoms with Crippen LogP contribution in [0.15, 0.2) is 105 Å². The molecular formula is C36H34Cl2N2O8S. The van der Waals surface area contributed by atoms with Crippen LogP contribution >= 0.6 is 23.2 Å². The number of sulfonamides is 1. The normalized spacial score (nSPS) is 14.2. The molecule has 0 bridgehead atoms. The molecule has 49 heavy (non-hydrogen) atoms. The highest BCUT2D eigenvalue weighted by Crippen LogP contribution is 2.33. The fraction of sp³-hybridized carbons (Fsp3) is 0.222. The lowest BCUT2D eigenvalue weighted by Crippen LogP contribution is -2.30. The summed E-state index contributed by atoms with van der Waals surface area (Å²) >= 11 is 12.1. The Morgan fingerprint density at radius 2 is 1.49 bits per heavy atom. The summed E-state index contributed by atoms with van der Waals surface area (Å²) in [5.74, 6) is 0.661. The third-order valence-corrected chi connectivity index (χ3v) is 10.3. The molecule has 5 rings (SSSR count). The fourth-order valence-corrected chi connectivity index (χ4v) is 7.07. The van der Waals surface area contributed by atoms with E-state index in [-0.39, 0.29) is 41.4 Å². The van der Waals surface area contributed by atoms with Crippen molar-refractivity contribution in [3.05, 3.63) is 128 Å². The Bertz CT molecular complexity index is 2020. The van der Waals surface area contributed by atoms with Gasteiger partial charge in [0.25, 0.3) is 5.91 Å².